The monoisotopic (exact) mass is 358 g/mol. The number of amides is 2. The highest BCUT2D eigenvalue weighted by molar-refractivity contribution is 5.92. The molecule has 0 saturated heterocycles. The first-order valence-corrected chi connectivity index (χ1v) is 9.01. The molecular formula is C19H26N4O3. The first-order valence-electron chi connectivity index (χ1n) is 9.01. The Morgan fingerprint density at radius 2 is 1.85 bits per heavy atom. The molecule has 2 aromatic heterocycles. The predicted octanol–water partition coefficient (Wildman–Crippen LogP) is 2.75. The van der Waals surface area contributed by atoms with Crippen molar-refractivity contribution in [2.24, 2.45) is 0 Å². The molecule has 0 aliphatic carbocycles. The van der Waals surface area contributed by atoms with Crippen LogP contribution >= 0.6 is 0 Å². The van der Waals surface area contributed by atoms with Crippen LogP contribution in [0.3, 0.4) is 0 Å². The minimum Gasteiger partial charge on any atom is -0.467 e. The summed E-state index contributed by atoms with van der Waals surface area (Å²) in [6.07, 6.45) is 8.10. The van der Waals surface area contributed by atoms with E-state index in [2.05, 4.69) is 23.8 Å². The first-order chi connectivity index (χ1) is 12.7. The summed E-state index contributed by atoms with van der Waals surface area (Å²) >= 11 is 0. The average Bonchev–Trinajstić information content (AvgIpc) is 3.18. The lowest BCUT2D eigenvalue weighted by Gasteiger charge is -2.25. The lowest BCUT2D eigenvalue weighted by Crippen LogP contribution is -2.37. The summed E-state index contributed by atoms with van der Waals surface area (Å²) in [4.78, 5) is 36.7. The summed E-state index contributed by atoms with van der Waals surface area (Å²) in [5, 5.41) is 0. The second-order valence-electron chi connectivity index (χ2n) is 6.03. The van der Waals surface area contributed by atoms with E-state index in [0.29, 0.717) is 12.3 Å². The molecule has 2 aromatic rings. The Morgan fingerprint density at radius 1 is 1.08 bits per heavy atom. The smallest absolute Gasteiger partial charge is 0.274 e. The van der Waals surface area contributed by atoms with Gasteiger partial charge in [-0.15, -0.1) is 0 Å². The van der Waals surface area contributed by atoms with Crippen LogP contribution in [0.4, 0.5) is 0 Å². The van der Waals surface area contributed by atoms with Gasteiger partial charge in [-0.05, 0) is 25.0 Å². The Morgan fingerprint density at radius 3 is 2.42 bits per heavy atom. The molecule has 0 aliphatic rings. The van der Waals surface area contributed by atoms with E-state index in [1.807, 2.05) is 4.90 Å². The van der Waals surface area contributed by atoms with Crippen LogP contribution in [0, 0.1) is 0 Å². The Bertz CT molecular complexity index is 667. The van der Waals surface area contributed by atoms with E-state index in [1.165, 1.54) is 18.6 Å². The molecular weight excluding hydrogens is 332 g/mol. The fraction of sp³-hybridized carbons (Fsp3) is 0.474. The molecule has 0 saturated carbocycles. The molecule has 140 valence electrons. The Kier molecular flexibility index (Phi) is 7.79. The Labute approximate surface area is 154 Å². The quantitative estimate of drug-likeness (QED) is 0.652. The second-order valence-corrected chi connectivity index (χ2v) is 6.03. The summed E-state index contributed by atoms with van der Waals surface area (Å²) in [5.41, 5.74) is 0.255. The lowest BCUT2D eigenvalue weighted by molar-refractivity contribution is -0.131. The van der Waals surface area contributed by atoms with Crippen molar-refractivity contribution in [3.63, 3.8) is 0 Å². The summed E-state index contributed by atoms with van der Waals surface area (Å²) in [7, 11) is 0. The third kappa shape index (κ3) is 5.68. The second kappa shape index (κ2) is 10.3. The van der Waals surface area contributed by atoms with E-state index < -0.39 is 0 Å². The average molecular weight is 358 g/mol. The Hall–Kier alpha value is -2.70. The molecule has 0 bridgehead atoms. The van der Waals surface area contributed by atoms with Gasteiger partial charge in [0.05, 0.1) is 19.0 Å². The van der Waals surface area contributed by atoms with Crippen molar-refractivity contribution in [2.75, 3.05) is 19.6 Å². The van der Waals surface area contributed by atoms with Gasteiger partial charge in [0, 0.05) is 38.4 Å². The van der Waals surface area contributed by atoms with Crippen molar-refractivity contribution < 1.29 is 14.0 Å². The maximum absolute atomic E-state index is 12.8. The Balaban J connectivity index is 2.06. The molecule has 2 rings (SSSR count). The van der Waals surface area contributed by atoms with Crippen molar-refractivity contribution in [3.8, 4) is 0 Å². The molecule has 0 atom stereocenters. The van der Waals surface area contributed by atoms with Gasteiger partial charge in [0.2, 0.25) is 5.91 Å². The number of rotatable bonds is 10. The van der Waals surface area contributed by atoms with E-state index in [-0.39, 0.29) is 30.5 Å². The van der Waals surface area contributed by atoms with E-state index in [1.54, 1.807) is 23.3 Å². The zero-order valence-electron chi connectivity index (χ0n) is 15.4. The van der Waals surface area contributed by atoms with Gasteiger partial charge in [0.1, 0.15) is 11.5 Å². The van der Waals surface area contributed by atoms with E-state index in [0.717, 1.165) is 25.9 Å². The zero-order valence-corrected chi connectivity index (χ0v) is 15.4. The predicted molar refractivity (Wildman–Crippen MR) is 97.3 cm³/mol. The van der Waals surface area contributed by atoms with Gasteiger partial charge in [-0.1, -0.05) is 13.8 Å². The molecule has 0 aliphatic heterocycles. The van der Waals surface area contributed by atoms with Gasteiger partial charge in [-0.2, -0.15) is 0 Å². The number of hydrogen-bond acceptors (Lipinski definition) is 5. The van der Waals surface area contributed by atoms with E-state index in [4.69, 9.17) is 4.42 Å². The number of carbonyl (C=O) groups excluding carboxylic acids is 2. The van der Waals surface area contributed by atoms with Gasteiger partial charge < -0.3 is 14.2 Å². The number of carbonyl (C=O) groups is 2. The number of hydrogen-bond donors (Lipinski definition) is 0. The zero-order chi connectivity index (χ0) is 18.8. The van der Waals surface area contributed by atoms with Gasteiger partial charge in [0.15, 0.2) is 0 Å². The van der Waals surface area contributed by atoms with Gasteiger partial charge in [0.25, 0.3) is 5.91 Å². The molecule has 26 heavy (non-hydrogen) atoms. The highest BCUT2D eigenvalue weighted by Gasteiger charge is 2.21. The number of furan rings is 1. The fourth-order valence-electron chi connectivity index (χ4n) is 2.70. The molecule has 0 aromatic carbocycles. The van der Waals surface area contributed by atoms with Crippen molar-refractivity contribution in [3.05, 3.63) is 48.4 Å². The molecule has 0 spiro atoms. The molecule has 0 fully saturated rings. The van der Waals surface area contributed by atoms with Crippen LogP contribution in [0.5, 0.6) is 0 Å². The maximum Gasteiger partial charge on any atom is 0.274 e. The van der Waals surface area contributed by atoms with Crippen molar-refractivity contribution >= 4 is 11.8 Å². The van der Waals surface area contributed by atoms with Gasteiger partial charge in [-0.25, -0.2) is 4.98 Å². The molecule has 7 nitrogen and oxygen atoms in total. The summed E-state index contributed by atoms with van der Waals surface area (Å²) < 4.78 is 5.36. The third-order valence-electron chi connectivity index (χ3n) is 3.93. The molecule has 0 unspecified atom stereocenters. The summed E-state index contributed by atoms with van der Waals surface area (Å²) in [6, 6.07) is 3.58. The van der Waals surface area contributed by atoms with Crippen LogP contribution in [0.2, 0.25) is 0 Å². The van der Waals surface area contributed by atoms with Crippen molar-refractivity contribution in [1.29, 1.82) is 0 Å². The van der Waals surface area contributed by atoms with Crippen LogP contribution < -0.4 is 0 Å². The van der Waals surface area contributed by atoms with Crippen LogP contribution in [-0.2, 0) is 11.3 Å². The maximum atomic E-state index is 12.8. The van der Waals surface area contributed by atoms with Crippen LogP contribution in [0.15, 0.2) is 41.4 Å². The largest absolute Gasteiger partial charge is 0.467 e. The SMILES string of the molecule is CCCN(CCC)C(=O)CCN(Cc1ccco1)C(=O)c1cnccn1. The fourth-order valence-corrected chi connectivity index (χ4v) is 2.70. The summed E-state index contributed by atoms with van der Waals surface area (Å²) in [5.74, 6) is 0.457. The van der Waals surface area contributed by atoms with Gasteiger partial charge >= 0.3 is 0 Å². The highest BCUT2D eigenvalue weighted by Crippen LogP contribution is 2.11. The highest BCUT2D eigenvalue weighted by atomic mass is 16.3. The van der Waals surface area contributed by atoms with Crippen LogP contribution in [0.1, 0.15) is 49.4 Å². The van der Waals surface area contributed by atoms with Crippen LogP contribution in [0.25, 0.3) is 0 Å². The van der Waals surface area contributed by atoms with Crippen molar-refractivity contribution in [2.45, 2.75) is 39.7 Å². The normalized spacial score (nSPS) is 10.5. The van der Waals surface area contributed by atoms with E-state index in [9.17, 15) is 9.59 Å². The molecule has 2 amide bonds. The first kappa shape index (κ1) is 19.6. The van der Waals surface area contributed by atoms with E-state index >= 15 is 0 Å². The standard InChI is InChI=1S/C19H26N4O3/c1-3-10-22(11-4-2)18(24)7-12-23(15-16-6-5-13-26-16)19(25)17-14-20-8-9-21-17/h5-6,8-9,13-14H,3-4,7,10-12,15H2,1-2H3. The lowest BCUT2D eigenvalue weighted by atomic mass is 10.2. The topological polar surface area (TPSA) is 79.5 Å². The van der Waals surface area contributed by atoms with Crippen LogP contribution in [-0.4, -0.2) is 51.2 Å². The van der Waals surface area contributed by atoms with Crippen molar-refractivity contribution in [1.82, 2.24) is 19.8 Å². The molecule has 7 heteroatoms. The minimum absolute atomic E-state index is 0.0603. The number of aromatic nitrogens is 2. The molecule has 0 radical (unpaired) electrons. The van der Waals surface area contributed by atoms with Gasteiger partial charge in [-0.3, -0.25) is 14.6 Å². The molecule has 2 heterocycles. The summed E-state index contributed by atoms with van der Waals surface area (Å²) in [6.45, 7) is 6.18. The molecule has 0 N–H and O–H groups in total. The third-order valence-corrected chi connectivity index (χ3v) is 3.93. The number of nitrogens with zero attached hydrogens (tertiary/aromatic N) is 4. The minimum atomic E-state index is -0.264.